The van der Waals surface area contributed by atoms with E-state index >= 15 is 0 Å². The zero-order chi connectivity index (χ0) is 20.4. The number of furan rings is 2. The predicted octanol–water partition coefficient (Wildman–Crippen LogP) is 8.00. The number of rotatable bonds is 2. The van der Waals surface area contributed by atoms with Gasteiger partial charge < -0.3 is 8.83 Å². The number of hydrogen-bond donors (Lipinski definition) is 0. The van der Waals surface area contributed by atoms with Gasteiger partial charge in [0.15, 0.2) is 0 Å². The van der Waals surface area contributed by atoms with Gasteiger partial charge in [0, 0.05) is 21.5 Å². The molecule has 0 atom stereocenters. The number of hydrogen-bond acceptors (Lipinski definition) is 2. The van der Waals surface area contributed by atoms with E-state index in [0.29, 0.717) is 0 Å². The molecule has 0 N–H and O–H groups in total. The molecular formula is C28H22O2. The Morgan fingerprint density at radius 1 is 0.567 bits per heavy atom. The molecule has 2 nitrogen and oxygen atoms in total. The molecule has 0 amide bonds. The Balaban J connectivity index is 1.45. The molecule has 2 heteroatoms. The average molecular weight is 390 g/mol. The quantitative estimate of drug-likeness (QED) is 0.299. The van der Waals surface area contributed by atoms with E-state index in [2.05, 4.69) is 75.4 Å². The second-order valence-corrected chi connectivity index (χ2v) is 8.37. The van der Waals surface area contributed by atoms with Crippen LogP contribution in [0.4, 0.5) is 0 Å². The highest BCUT2D eigenvalue weighted by Crippen LogP contribution is 2.35. The van der Waals surface area contributed by atoms with Gasteiger partial charge in [0.1, 0.15) is 22.3 Å². The van der Waals surface area contributed by atoms with Crippen molar-refractivity contribution in [1.29, 1.82) is 0 Å². The molecule has 0 aliphatic carbocycles. The molecule has 0 saturated heterocycles. The maximum absolute atomic E-state index is 6.18. The summed E-state index contributed by atoms with van der Waals surface area (Å²) in [6.07, 6.45) is 0.846. The van der Waals surface area contributed by atoms with Gasteiger partial charge in [-0.25, -0.2) is 0 Å². The van der Waals surface area contributed by atoms with Crippen LogP contribution in [0.15, 0.2) is 75.6 Å². The van der Waals surface area contributed by atoms with Crippen LogP contribution in [0.2, 0.25) is 0 Å². The summed E-state index contributed by atoms with van der Waals surface area (Å²) in [5.41, 5.74) is 10.2. The smallest absolute Gasteiger partial charge is 0.135 e. The highest BCUT2D eigenvalue weighted by molar-refractivity contribution is 6.08. The standard InChI is InChI=1S/C28H22O2/c1-16-8-11-24-28(18(16)3)22-10-9-19(14-25(22)30-24)13-20-12-17(2)27-21-6-4-5-7-23(21)29-26(27)15-20/h4-12,14-15H,13H2,1-3H3. The summed E-state index contributed by atoms with van der Waals surface area (Å²) in [7, 11) is 0. The van der Waals surface area contributed by atoms with E-state index in [0.717, 1.165) is 28.8 Å². The van der Waals surface area contributed by atoms with Gasteiger partial charge in [0.25, 0.3) is 0 Å². The molecule has 0 spiro atoms. The van der Waals surface area contributed by atoms with Gasteiger partial charge in [-0.15, -0.1) is 0 Å². The highest BCUT2D eigenvalue weighted by atomic mass is 16.3. The molecular weight excluding hydrogens is 368 g/mol. The van der Waals surface area contributed by atoms with Crippen molar-refractivity contribution in [2.75, 3.05) is 0 Å². The summed E-state index contributed by atoms with van der Waals surface area (Å²) in [6.45, 7) is 6.49. The Labute approximate surface area is 174 Å². The van der Waals surface area contributed by atoms with E-state index in [9.17, 15) is 0 Å². The fourth-order valence-electron chi connectivity index (χ4n) is 4.77. The van der Waals surface area contributed by atoms with Gasteiger partial charge in [0.05, 0.1) is 0 Å². The lowest BCUT2D eigenvalue weighted by Crippen LogP contribution is -1.89. The van der Waals surface area contributed by atoms with Gasteiger partial charge in [-0.05, 0) is 79.3 Å². The summed E-state index contributed by atoms with van der Waals surface area (Å²) < 4.78 is 12.3. The number of fused-ring (bicyclic) bond motifs is 6. The minimum atomic E-state index is 0.846. The average Bonchev–Trinajstić information content (AvgIpc) is 3.28. The Morgan fingerprint density at radius 2 is 1.33 bits per heavy atom. The number of aryl methyl sites for hydroxylation is 3. The van der Waals surface area contributed by atoms with Crippen LogP contribution in [0.1, 0.15) is 27.8 Å². The maximum Gasteiger partial charge on any atom is 0.135 e. The number of para-hydroxylation sites is 1. The third-order valence-electron chi connectivity index (χ3n) is 6.38. The van der Waals surface area contributed by atoms with Gasteiger partial charge in [-0.2, -0.15) is 0 Å². The van der Waals surface area contributed by atoms with Crippen LogP contribution in [-0.2, 0) is 6.42 Å². The van der Waals surface area contributed by atoms with Crippen LogP contribution in [-0.4, -0.2) is 0 Å². The van der Waals surface area contributed by atoms with Crippen LogP contribution in [0.25, 0.3) is 43.9 Å². The first-order valence-electron chi connectivity index (χ1n) is 10.4. The van der Waals surface area contributed by atoms with Crippen molar-refractivity contribution in [1.82, 2.24) is 0 Å². The summed E-state index contributed by atoms with van der Waals surface area (Å²) in [5.74, 6) is 0. The zero-order valence-corrected chi connectivity index (χ0v) is 17.4. The van der Waals surface area contributed by atoms with Crippen molar-refractivity contribution in [2.24, 2.45) is 0 Å². The molecule has 0 bridgehead atoms. The van der Waals surface area contributed by atoms with Crippen LogP contribution in [0, 0.1) is 20.8 Å². The van der Waals surface area contributed by atoms with Gasteiger partial charge in [-0.1, -0.05) is 42.5 Å². The topological polar surface area (TPSA) is 26.3 Å². The summed E-state index contributed by atoms with van der Waals surface area (Å²) in [6, 6.07) is 23.5. The first-order valence-corrected chi connectivity index (χ1v) is 10.4. The second kappa shape index (κ2) is 6.24. The van der Waals surface area contributed by atoms with E-state index in [1.54, 1.807) is 0 Å². The van der Waals surface area contributed by atoms with E-state index < -0.39 is 0 Å². The molecule has 0 aliphatic heterocycles. The summed E-state index contributed by atoms with van der Waals surface area (Å²) in [4.78, 5) is 0. The predicted molar refractivity (Wildman–Crippen MR) is 124 cm³/mol. The summed E-state index contributed by atoms with van der Waals surface area (Å²) >= 11 is 0. The van der Waals surface area contributed by atoms with Crippen LogP contribution >= 0.6 is 0 Å². The van der Waals surface area contributed by atoms with Crippen molar-refractivity contribution in [2.45, 2.75) is 27.2 Å². The Bertz CT molecular complexity index is 1590. The van der Waals surface area contributed by atoms with Crippen LogP contribution < -0.4 is 0 Å². The lowest BCUT2D eigenvalue weighted by molar-refractivity contribution is 0.668. The first kappa shape index (κ1) is 17.3. The molecule has 0 radical (unpaired) electrons. The monoisotopic (exact) mass is 390 g/mol. The lowest BCUT2D eigenvalue weighted by Gasteiger charge is -2.05. The maximum atomic E-state index is 6.18. The molecule has 0 fully saturated rings. The molecule has 2 aromatic heterocycles. The first-order chi connectivity index (χ1) is 14.6. The largest absolute Gasteiger partial charge is 0.456 e. The van der Waals surface area contributed by atoms with Gasteiger partial charge >= 0.3 is 0 Å². The van der Waals surface area contributed by atoms with E-state index in [1.807, 2.05) is 12.1 Å². The Kier molecular flexibility index (Phi) is 3.61. The SMILES string of the molecule is Cc1ccc2oc3cc(Cc4cc(C)c5c(c4)oc4ccccc45)ccc3c2c1C. The summed E-state index contributed by atoms with van der Waals surface area (Å²) in [5, 5.41) is 4.83. The molecule has 0 aliphatic rings. The molecule has 0 unspecified atom stereocenters. The fourth-order valence-corrected chi connectivity index (χ4v) is 4.77. The lowest BCUT2D eigenvalue weighted by atomic mass is 9.98. The Hall–Kier alpha value is -3.52. The van der Waals surface area contributed by atoms with E-state index in [1.165, 1.54) is 49.4 Å². The molecule has 2 heterocycles. The Morgan fingerprint density at radius 3 is 2.23 bits per heavy atom. The van der Waals surface area contributed by atoms with Crippen molar-refractivity contribution in [3.8, 4) is 0 Å². The highest BCUT2D eigenvalue weighted by Gasteiger charge is 2.13. The normalized spacial score (nSPS) is 12.0. The molecule has 6 rings (SSSR count). The van der Waals surface area contributed by atoms with Crippen molar-refractivity contribution >= 4 is 43.9 Å². The van der Waals surface area contributed by atoms with Gasteiger partial charge in [-0.3, -0.25) is 0 Å². The molecule has 4 aromatic carbocycles. The number of benzene rings is 4. The molecule has 30 heavy (non-hydrogen) atoms. The zero-order valence-electron chi connectivity index (χ0n) is 17.4. The minimum Gasteiger partial charge on any atom is -0.456 e. The van der Waals surface area contributed by atoms with Gasteiger partial charge in [0.2, 0.25) is 0 Å². The van der Waals surface area contributed by atoms with E-state index in [4.69, 9.17) is 8.83 Å². The van der Waals surface area contributed by atoms with Crippen LogP contribution in [0.3, 0.4) is 0 Å². The fraction of sp³-hybridized carbons (Fsp3) is 0.143. The molecule has 146 valence electrons. The van der Waals surface area contributed by atoms with Crippen molar-refractivity contribution in [3.63, 3.8) is 0 Å². The van der Waals surface area contributed by atoms with Crippen LogP contribution in [0.5, 0.6) is 0 Å². The van der Waals surface area contributed by atoms with Crippen molar-refractivity contribution in [3.05, 3.63) is 94.5 Å². The third-order valence-corrected chi connectivity index (χ3v) is 6.38. The second-order valence-electron chi connectivity index (χ2n) is 8.37. The minimum absolute atomic E-state index is 0.846. The molecule has 6 aromatic rings. The third kappa shape index (κ3) is 2.50. The molecule has 0 saturated carbocycles. The van der Waals surface area contributed by atoms with Crippen molar-refractivity contribution < 1.29 is 8.83 Å². The van der Waals surface area contributed by atoms with E-state index in [-0.39, 0.29) is 0 Å².